The van der Waals surface area contributed by atoms with E-state index in [9.17, 15) is 0 Å². The van der Waals surface area contributed by atoms with Crippen LogP contribution in [-0.4, -0.2) is 69.8 Å². The third-order valence-corrected chi connectivity index (χ3v) is 10.9. The van der Waals surface area contributed by atoms with Crippen LogP contribution in [0.25, 0.3) is 91.6 Å². The summed E-state index contributed by atoms with van der Waals surface area (Å²) in [5.74, 6) is 3.57. The summed E-state index contributed by atoms with van der Waals surface area (Å²) in [5.41, 5.74) is 9.78. The van der Waals surface area contributed by atoms with Gasteiger partial charge in [0.25, 0.3) is 0 Å². The Morgan fingerprint density at radius 1 is 0.246 bits per heavy atom. The van der Waals surface area contributed by atoms with Gasteiger partial charge in [0.15, 0.2) is 34.9 Å². The summed E-state index contributed by atoms with van der Waals surface area (Å²) in [6.45, 7) is 0. The summed E-state index contributed by atoms with van der Waals surface area (Å²) in [5, 5.41) is 0. The van der Waals surface area contributed by atoms with Crippen molar-refractivity contribution in [2.24, 2.45) is 0 Å². The number of hydrogen-bond acceptors (Lipinski definition) is 14. The van der Waals surface area contributed by atoms with Gasteiger partial charge in [0.2, 0.25) is 23.3 Å². The van der Waals surface area contributed by atoms with Crippen molar-refractivity contribution in [2.45, 2.75) is 5.41 Å². The lowest BCUT2D eigenvalue weighted by Gasteiger charge is -2.31. The molecule has 14 heteroatoms. The van der Waals surface area contributed by atoms with Crippen LogP contribution in [0.5, 0.6) is 0 Å². The lowest BCUT2D eigenvalue weighted by atomic mass is 9.70. The highest BCUT2D eigenvalue weighted by Crippen LogP contribution is 2.63. The molecule has 14 nitrogen and oxygen atoms in total. The first-order chi connectivity index (χ1) is 30.2. The van der Waals surface area contributed by atoms with E-state index in [1.54, 1.807) is 73.8 Å². The van der Waals surface area contributed by atoms with E-state index < -0.39 is 5.41 Å². The molecule has 4 aromatic carbocycles. The fraction of sp³-hybridized carbons (Fsp3) is 0.0213. The van der Waals surface area contributed by atoms with Gasteiger partial charge in [-0.1, -0.05) is 72.8 Å². The minimum atomic E-state index is -0.739. The number of nitrogens with zero attached hydrogens (tertiary/aromatic N) is 14. The number of hydrogen-bond donors (Lipinski definition) is 0. The van der Waals surface area contributed by atoms with E-state index in [0.717, 1.165) is 55.6 Å². The molecule has 6 aromatic heterocycles. The molecule has 0 fully saturated rings. The van der Waals surface area contributed by atoms with Gasteiger partial charge in [-0.2, -0.15) is 0 Å². The fourth-order valence-electron chi connectivity index (χ4n) is 8.49. The Morgan fingerprint density at radius 3 is 0.885 bits per heavy atom. The molecule has 0 radical (unpaired) electrons. The van der Waals surface area contributed by atoms with Crippen molar-refractivity contribution in [3.8, 4) is 91.6 Å². The summed E-state index contributed by atoms with van der Waals surface area (Å²) in [4.78, 5) is 64.9. The maximum atomic E-state index is 4.95. The molecule has 6 heterocycles. The van der Waals surface area contributed by atoms with E-state index in [1.165, 1.54) is 0 Å². The highest BCUT2D eigenvalue weighted by molar-refractivity contribution is 5.96. The number of fused-ring (bicyclic) bond motifs is 10. The maximum Gasteiger partial charge on any atom is 0.201 e. The number of rotatable bonds is 6. The van der Waals surface area contributed by atoms with E-state index in [1.807, 2.05) is 12.1 Å². The first-order valence-electron chi connectivity index (χ1n) is 19.3. The predicted octanol–water partition coefficient (Wildman–Crippen LogP) is 7.56. The molecule has 0 saturated heterocycles. The average molecular weight is 787 g/mol. The van der Waals surface area contributed by atoms with Gasteiger partial charge in [-0.25, -0.2) is 69.8 Å². The van der Waals surface area contributed by atoms with E-state index in [4.69, 9.17) is 29.9 Å². The third-order valence-electron chi connectivity index (χ3n) is 10.9. The molecule has 0 N–H and O–H groups in total. The minimum absolute atomic E-state index is 0.311. The van der Waals surface area contributed by atoms with Gasteiger partial charge in [-0.15, -0.1) is 0 Å². The summed E-state index contributed by atoms with van der Waals surface area (Å²) < 4.78 is 0. The third kappa shape index (κ3) is 5.43. The zero-order chi connectivity index (χ0) is 40.3. The molecule has 0 atom stereocenters. The van der Waals surface area contributed by atoms with E-state index in [0.29, 0.717) is 58.2 Å². The van der Waals surface area contributed by atoms with Crippen LogP contribution in [0.15, 0.2) is 159 Å². The van der Waals surface area contributed by atoms with Crippen molar-refractivity contribution in [1.29, 1.82) is 0 Å². The van der Waals surface area contributed by atoms with Crippen molar-refractivity contribution in [3.05, 3.63) is 181 Å². The molecule has 0 bridgehead atoms. The molecule has 2 aliphatic rings. The molecule has 0 aliphatic heterocycles. The van der Waals surface area contributed by atoms with Crippen molar-refractivity contribution in [3.63, 3.8) is 0 Å². The van der Waals surface area contributed by atoms with Crippen LogP contribution >= 0.6 is 0 Å². The Labute approximate surface area is 346 Å². The van der Waals surface area contributed by atoms with Gasteiger partial charge < -0.3 is 0 Å². The Kier molecular flexibility index (Phi) is 7.68. The van der Waals surface area contributed by atoms with Crippen molar-refractivity contribution in [1.82, 2.24) is 69.8 Å². The Bertz CT molecular complexity index is 2980. The van der Waals surface area contributed by atoms with Crippen LogP contribution in [-0.2, 0) is 5.41 Å². The van der Waals surface area contributed by atoms with Crippen molar-refractivity contribution < 1.29 is 0 Å². The van der Waals surface area contributed by atoms with Gasteiger partial charge >= 0.3 is 0 Å². The lowest BCUT2D eigenvalue weighted by Crippen LogP contribution is -2.26. The molecule has 0 amide bonds. The molecule has 0 saturated carbocycles. The van der Waals surface area contributed by atoms with Crippen LogP contribution in [0, 0.1) is 0 Å². The topological polar surface area (TPSA) is 180 Å². The van der Waals surface area contributed by atoms with Crippen molar-refractivity contribution in [2.75, 3.05) is 0 Å². The first-order valence-corrected chi connectivity index (χ1v) is 19.3. The van der Waals surface area contributed by atoms with Crippen LogP contribution < -0.4 is 0 Å². The summed E-state index contributed by atoms with van der Waals surface area (Å²) >= 11 is 0. The number of benzene rings is 4. The van der Waals surface area contributed by atoms with E-state index >= 15 is 0 Å². The molecular weight excluding hydrogens is 761 g/mol. The molecular formula is C47H26N14. The van der Waals surface area contributed by atoms with Crippen LogP contribution in [0.4, 0.5) is 0 Å². The lowest BCUT2D eigenvalue weighted by molar-refractivity contribution is 0.794. The second-order valence-corrected chi connectivity index (χ2v) is 14.3. The highest BCUT2D eigenvalue weighted by atomic mass is 15.1. The first kappa shape index (κ1) is 34.3. The summed E-state index contributed by atoms with van der Waals surface area (Å²) in [6.07, 6.45) is 13.3. The molecule has 1 spiro atoms. The predicted molar refractivity (Wildman–Crippen MR) is 224 cm³/mol. The maximum absolute atomic E-state index is 4.95. The van der Waals surface area contributed by atoms with Crippen LogP contribution in [0.1, 0.15) is 22.3 Å². The monoisotopic (exact) mass is 786 g/mol. The van der Waals surface area contributed by atoms with Gasteiger partial charge in [-0.05, 0) is 80.9 Å². The molecule has 2 aliphatic carbocycles. The van der Waals surface area contributed by atoms with E-state index in [2.05, 4.69) is 113 Å². The van der Waals surface area contributed by atoms with Crippen LogP contribution in [0.3, 0.4) is 0 Å². The molecule has 10 aromatic rings. The molecule has 0 unspecified atom stereocenters. The van der Waals surface area contributed by atoms with Gasteiger partial charge in [-0.3, -0.25) is 0 Å². The highest BCUT2D eigenvalue weighted by Gasteiger charge is 2.52. The van der Waals surface area contributed by atoms with Gasteiger partial charge in [0.05, 0.1) is 5.41 Å². The molecule has 284 valence electrons. The summed E-state index contributed by atoms with van der Waals surface area (Å²) in [7, 11) is 0. The standard InChI is InChI=1S/C47H26N14/c1-3-11-33-29(9-1)30-10-2-4-12-34(30)47(33)35-25-27(37-56-43(39-48-17-5-18-49-39)60-44(57-37)40-50-19-6-20-51-40)13-15-31(35)32-16-14-28(26-36(32)47)38-58-45(41-52-21-7-22-53-41)61-46(59-38)42-54-23-8-24-55-42/h1-26H. The van der Waals surface area contributed by atoms with Crippen LogP contribution in [0.2, 0.25) is 0 Å². The summed E-state index contributed by atoms with van der Waals surface area (Å²) in [6, 6.07) is 37.1. The van der Waals surface area contributed by atoms with E-state index in [-0.39, 0.29) is 0 Å². The number of aromatic nitrogens is 14. The molecule has 12 rings (SSSR count). The second kappa shape index (κ2) is 13.7. The van der Waals surface area contributed by atoms with Gasteiger partial charge in [0.1, 0.15) is 0 Å². The molecule has 61 heavy (non-hydrogen) atoms. The van der Waals surface area contributed by atoms with Crippen molar-refractivity contribution >= 4 is 0 Å². The largest absolute Gasteiger partial charge is 0.234 e. The second-order valence-electron chi connectivity index (χ2n) is 14.3. The fourth-order valence-corrected chi connectivity index (χ4v) is 8.49. The Morgan fingerprint density at radius 2 is 0.541 bits per heavy atom. The Balaban J connectivity index is 1.10. The Hall–Kier alpha value is -8.78. The minimum Gasteiger partial charge on any atom is -0.234 e. The SMILES string of the molecule is c1cnc(-c2nc(-c3ccc4c(c3)C3(c5ccccc5-c5ccccc53)c3cc(-c5nc(-c6ncccn6)nc(-c6ncccn6)n5)ccc3-4)nc(-c3ncccn3)n2)nc1. The normalized spacial score (nSPS) is 12.7. The zero-order valence-corrected chi connectivity index (χ0v) is 31.8. The zero-order valence-electron chi connectivity index (χ0n) is 31.8. The quantitative estimate of drug-likeness (QED) is 0.161. The van der Waals surface area contributed by atoms with Gasteiger partial charge in [0, 0.05) is 60.7 Å². The smallest absolute Gasteiger partial charge is 0.201 e. The average Bonchev–Trinajstić information content (AvgIpc) is 3.81.